The fraction of sp³-hybridized carbons (Fsp3) is 0.0435. The molecule has 0 fully saturated rings. The molecule has 172 valence electrons. The van der Waals surface area contributed by atoms with E-state index in [0.29, 0.717) is 26.6 Å². The van der Waals surface area contributed by atoms with E-state index in [0.717, 1.165) is 11.3 Å². The minimum atomic E-state index is -0.358. The van der Waals surface area contributed by atoms with Gasteiger partial charge in [-0.15, -0.1) is 10.2 Å². The molecule has 34 heavy (non-hydrogen) atoms. The number of aromatic nitrogens is 3. The third-order valence-corrected chi connectivity index (χ3v) is 5.99. The van der Waals surface area contributed by atoms with Crippen molar-refractivity contribution in [2.24, 2.45) is 5.10 Å². The molecule has 11 heteroatoms. The molecule has 1 amide bonds. The Balaban J connectivity index is 1.50. The number of aromatic hydroxyl groups is 2. The number of rotatable bonds is 7. The van der Waals surface area contributed by atoms with Crippen molar-refractivity contribution < 1.29 is 15.0 Å². The van der Waals surface area contributed by atoms with Gasteiger partial charge in [0.1, 0.15) is 0 Å². The summed E-state index contributed by atoms with van der Waals surface area (Å²) in [5.74, 6) is -0.246. The molecule has 3 aromatic carbocycles. The highest BCUT2D eigenvalue weighted by Crippen LogP contribution is 2.29. The number of carbonyl (C=O) groups excluding carboxylic acids is 1. The van der Waals surface area contributed by atoms with E-state index >= 15 is 0 Å². The van der Waals surface area contributed by atoms with Crippen molar-refractivity contribution in [2.75, 3.05) is 5.75 Å². The first-order valence-corrected chi connectivity index (χ1v) is 11.6. The van der Waals surface area contributed by atoms with E-state index < -0.39 is 0 Å². The lowest BCUT2D eigenvalue weighted by molar-refractivity contribution is -0.118. The molecule has 0 aliphatic carbocycles. The summed E-state index contributed by atoms with van der Waals surface area (Å²) in [7, 11) is 0. The maximum absolute atomic E-state index is 12.3. The Morgan fingerprint density at radius 1 is 0.971 bits per heavy atom. The second-order valence-electron chi connectivity index (χ2n) is 6.95. The van der Waals surface area contributed by atoms with Crippen LogP contribution in [-0.2, 0) is 4.79 Å². The molecule has 1 heterocycles. The molecule has 0 aliphatic rings. The molecular weight excluding hydrogens is 497 g/mol. The van der Waals surface area contributed by atoms with Crippen molar-refractivity contribution in [3.8, 4) is 28.6 Å². The Hall–Kier alpha value is -3.53. The largest absolute Gasteiger partial charge is 0.504 e. The van der Waals surface area contributed by atoms with Gasteiger partial charge in [0, 0.05) is 21.3 Å². The average Bonchev–Trinajstić information content (AvgIpc) is 3.25. The minimum absolute atomic E-state index is 0.0323. The normalized spacial score (nSPS) is 11.1. The van der Waals surface area contributed by atoms with Crippen LogP contribution < -0.4 is 5.43 Å². The van der Waals surface area contributed by atoms with Crippen LogP contribution in [0.4, 0.5) is 0 Å². The first kappa shape index (κ1) is 23.6. The molecule has 0 spiro atoms. The zero-order chi connectivity index (χ0) is 24.1. The van der Waals surface area contributed by atoms with Gasteiger partial charge in [-0.25, -0.2) is 5.43 Å². The molecule has 1 aromatic heterocycles. The highest BCUT2D eigenvalue weighted by atomic mass is 35.5. The molecule has 0 radical (unpaired) electrons. The lowest BCUT2D eigenvalue weighted by Gasteiger charge is -2.10. The summed E-state index contributed by atoms with van der Waals surface area (Å²) in [5, 5.41) is 33.0. The quantitative estimate of drug-likeness (QED) is 0.140. The highest BCUT2D eigenvalue weighted by molar-refractivity contribution is 7.99. The van der Waals surface area contributed by atoms with E-state index in [1.165, 1.54) is 30.1 Å². The Kier molecular flexibility index (Phi) is 7.36. The number of amides is 1. The van der Waals surface area contributed by atoms with Gasteiger partial charge < -0.3 is 10.2 Å². The van der Waals surface area contributed by atoms with Crippen LogP contribution in [-0.4, -0.2) is 42.9 Å². The summed E-state index contributed by atoms with van der Waals surface area (Å²) in [6.45, 7) is 0. The molecule has 4 rings (SSSR count). The second-order valence-corrected chi connectivity index (χ2v) is 8.77. The number of thioether (sulfide) groups is 1. The monoisotopic (exact) mass is 513 g/mol. The summed E-state index contributed by atoms with van der Waals surface area (Å²) in [6.07, 6.45) is 1.36. The summed E-state index contributed by atoms with van der Waals surface area (Å²) in [6, 6.07) is 18.6. The van der Waals surface area contributed by atoms with Crippen LogP contribution in [0, 0.1) is 0 Å². The summed E-state index contributed by atoms with van der Waals surface area (Å²) < 4.78 is 1.83. The van der Waals surface area contributed by atoms with Gasteiger partial charge in [-0.05, 0) is 72.3 Å². The first-order valence-electron chi connectivity index (χ1n) is 9.84. The van der Waals surface area contributed by atoms with Crippen molar-refractivity contribution >= 4 is 47.1 Å². The Bertz CT molecular complexity index is 1340. The Morgan fingerprint density at radius 2 is 1.65 bits per heavy atom. The van der Waals surface area contributed by atoms with Crippen molar-refractivity contribution in [2.45, 2.75) is 5.16 Å². The van der Waals surface area contributed by atoms with Crippen LogP contribution in [0.3, 0.4) is 0 Å². The van der Waals surface area contributed by atoms with Crippen LogP contribution in [0.5, 0.6) is 11.5 Å². The van der Waals surface area contributed by atoms with E-state index in [1.807, 2.05) is 28.8 Å². The van der Waals surface area contributed by atoms with Crippen molar-refractivity contribution in [1.29, 1.82) is 0 Å². The fourth-order valence-electron chi connectivity index (χ4n) is 2.93. The zero-order valence-corrected chi connectivity index (χ0v) is 19.7. The number of phenols is 2. The maximum Gasteiger partial charge on any atom is 0.250 e. The molecule has 0 aliphatic heterocycles. The van der Waals surface area contributed by atoms with E-state index in [2.05, 4.69) is 20.7 Å². The lowest BCUT2D eigenvalue weighted by atomic mass is 10.2. The SMILES string of the molecule is O=C(CSc1nnc(-c2ccc(Cl)cc2)n1-c1ccc(Cl)cc1)N/N=C/c1ccc(O)c(O)c1. The molecule has 0 atom stereocenters. The average molecular weight is 514 g/mol. The standard InChI is InChI=1S/C23H17Cl2N5O3S/c24-16-4-2-15(3-5-16)22-28-29-23(30(22)18-8-6-17(25)7-9-18)34-13-21(33)27-26-12-14-1-10-19(31)20(32)11-14/h1-12,31-32H,13H2,(H,27,33)/b26-12+. The third-order valence-electron chi connectivity index (χ3n) is 4.56. The van der Waals surface area contributed by atoms with Crippen LogP contribution in [0.1, 0.15) is 5.56 Å². The minimum Gasteiger partial charge on any atom is -0.504 e. The van der Waals surface area contributed by atoms with Crippen molar-refractivity contribution in [3.63, 3.8) is 0 Å². The van der Waals surface area contributed by atoms with Gasteiger partial charge in [-0.2, -0.15) is 5.10 Å². The third kappa shape index (κ3) is 5.69. The van der Waals surface area contributed by atoms with Crippen LogP contribution >= 0.6 is 35.0 Å². The number of halogens is 2. The number of nitrogens with zero attached hydrogens (tertiary/aromatic N) is 4. The predicted molar refractivity (Wildman–Crippen MR) is 133 cm³/mol. The number of hydrogen-bond donors (Lipinski definition) is 3. The van der Waals surface area contributed by atoms with Gasteiger partial charge in [0.15, 0.2) is 22.5 Å². The van der Waals surface area contributed by atoms with E-state index in [1.54, 1.807) is 30.3 Å². The van der Waals surface area contributed by atoms with Gasteiger partial charge in [0.2, 0.25) is 0 Å². The molecule has 4 aromatic rings. The maximum atomic E-state index is 12.3. The molecular formula is C23H17Cl2N5O3S. The number of benzene rings is 3. The van der Waals surface area contributed by atoms with Crippen LogP contribution in [0.15, 0.2) is 77.0 Å². The van der Waals surface area contributed by atoms with Crippen molar-refractivity contribution in [3.05, 3.63) is 82.3 Å². The van der Waals surface area contributed by atoms with Crippen LogP contribution in [0.2, 0.25) is 10.0 Å². The van der Waals surface area contributed by atoms with Gasteiger partial charge in [-0.3, -0.25) is 9.36 Å². The summed E-state index contributed by atoms with van der Waals surface area (Å²) in [4.78, 5) is 12.3. The topological polar surface area (TPSA) is 113 Å². The molecule has 8 nitrogen and oxygen atoms in total. The lowest BCUT2D eigenvalue weighted by Crippen LogP contribution is -2.20. The highest BCUT2D eigenvalue weighted by Gasteiger charge is 2.17. The molecule has 0 saturated carbocycles. The van der Waals surface area contributed by atoms with Gasteiger partial charge in [0.05, 0.1) is 12.0 Å². The van der Waals surface area contributed by atoms with Crippen LogP contribution in [0.25, 0.3) is 17.1 Å². The first-order chi connectivity index (χ1) is 16.4. The Labute approximate surface area is 208 Å². The zero-order valence-electron chi connectivity index (χ0n) is 17.4. The number of hydrogen-bond acceptors (Lipinski definition) is 7. The van der Waals surface area contributed by atoms with Gasteiger partial charge in [0.25, 0.3) is 5.91 Å². The number of nitrogens with one attached hydrogen (secondary N) is 1. The number of carbonyl (C=O) groups is 1. The Morgan fingerprint density at radius 3 is 2.32 bits per heavy atom. The molecule has 0 bridgehead atoms. The van der Waals surface area contributed by atoms with E-state index in [-0.39, 0.29) is 23.2 Å². The molecule has 0 saturated heterocycles. The summed E-state index contributed by atoms with van der Waals surface area (Å²) in [5.41, 5.74) is 4.53. The van der Waals surface area contributed by atoms with Gasteiger partial charge >= 0.3 is 0 Å². The molecule has 3 N–H and O–H groups in total. The predicted octanol–water partition coefficient (Wildman–Crippen LogP) is 4.89. The number of phenolic OH excluding ortho intramolecular Hbond substituents is 2. The van der Waals surface area contributed by atoms with Crippen molar-refractivity contribution in [1.82, 2.24) is 20.2 Å². The summed E-state index contributed by atoms with van der Waals surface area (Å²) >= 11 is 13.3. The van der Waals surface area contributed by atoms with E-state index in [9.17, 15) is 15.0 Å². The van der Waals surface area contributed by atoms with Gasteiger partial charge in [-0.1, -0.05) is 35.0 Å². The van der Waals surface area contributed by atoms with E-state index in [4.69, 9.17) is 23.2 Å². The molecule has 0 unspecified atom stereocenters. The number of hydrazone groups is 1. The second kappa shape index (κ2) is 10.6. The smallest absolute Gasteiger partial charge is 0.250 e. The fourth-order valence-corrected chi connectivity index (χ4v) is 3.93.